The van der Waals surface area contributed by atoms with E-state index in [1.165, 1.54) is 18.1 Å². The van der Waals surface area contributed by atoms with Gasteiger partial charge < -0.3 is 30.5 Å². The van der Waals surface area contributed by atoms with Gasteiger partial charge >= 0.3 is 0 Å². The number of hydrogen-bond acceptors (Lipinski definition) is 6. The van der Waals surface area contributed by atoms with Crippen LogP contribution in [0.4, 0.5) is 0 Å². The standard InChI is InChI=1S/C27H35N3O6/c1-4-13-28-26(34)22-15-19(36-3)16-30(22)27(35)24(32)21(14-18-9-6-5-7-10-18)29-25(33)20-11-8-12-23(31)17(20)2/h5-12,19,21-22,24,31-32H,4,13-16H2,1-3H3,(H,28,34)(H,29,33)/t19-,21+,22+,24+/m1/s1. The zero-order valence-corrected chi connectivity index (χ0v) is 20.9. The fraction of sp³-hybridized carbons (Fsp3) is 0.444. The van der Waals surface area contributed by atoms with Crippen LogP contribution in [0.5, 0.6) is 5.75 Å². The zero-order valence-electron chi connectivity index (χ0n) is 20.9. The van der Waals surface area contributed by atoms with Gasteiger partial charge in [-0.1, -0.05) is 43.3 Å². The van der Waals surface area contributed by atoms with E-state index < -0.39 is 30.0 Å². The Labute approximate surface area is 211 Å². The van der Waals surface area contributed by atoms with Gasteiger partial charge in [0.2, 0.25) is 5.91 Å². The van der Waals surface area contributed by atoms with Gasteiger partial charge in [0.05, 0.1) is 12.1 Å². The van der Waals surface area contributed by atoms with Gasteiger partial charge in [-0.15, -0.1) is 0 Å². The van der Waals surface area contributed by atoms with Crippen molar-refractivity contribution in [2.75, 3.05) is 20.2 Å². The maximum Gasteiger partial charge on any atom is 0.254 e. The Bertz CT molecular complexity index is 1060. The summed E-state index contributed by atoms with van der Waals surface area (Å²) in [6.45, 7) is 4.19. The van der Waals surface area contributed by atoms with E-state index in [4.69, 9.17) is 4.74 Å². The molecule has 1 saturated heterocycles. The normalized spacial score (nSPS) is 18.9. The highest BCUT2D eigenvalue weighted by Gasteiger charge is 2.43. The third-order valence-corrected chi connectivity index (χ3v) is 6.53. The summed E-state index contributed by atoms with van der Waals surface area (Å²) >= 11 is 0. The van der Waals surface area contributed by atoms with Gasteiger partial charge in [-0.3, -0.25) is 14.4 Å². The molecule has 0 aromatic heterocycles. The molecule has 1 fully saturated rings. The number of nitrogens with one attached hydrogen (secondary N) is 2. The van der Waals surface area contributed by atoms with E-state index in [0.717, 1.165) is 12.0 Å². The topological polar surface area (TPSA) is 128 Å². The second-order valence-electron chi connectivity index (χ2n) is 9.06. The first-order valence-corrected chi connectivity index (χ1v) is 12.2. The number of phenolic OH excluding ortho intramolecular Hbond substituents is 1. The van der Waals surface area contributed by atoms with Crippen LogP contribution in [0.15, 0.2) is 48.5 Å². The molecule has 1 heterocycles. The van der Waals surface area contributed by atoms with Gasteiger partial charge in [0.15, 0.2) is 6.10 Å². The van der Waals surface area contributed by atoms with Gasteiger partial charge in [-0.2, -0.15) is 0 Å². The Kier molecular flexibility index (Phi) is 9.44. The number of amides is 3. The highest BCUT2D eigenvalue weighted by Crippen LogP contribution is 2.23. The fourth-order valence-electron chi connectivity index (χ4n) is 4.39. The zero-order chi connectivity index (χ0) is 26.2. The number of rotatable bonds is 10. The number of aliphatic hydroxyl groups is 1. The van der Waals surface area contributed by atoms with Crippen LogP contribution in [0.1, 0.15) is 41.3 Å². The van der Waals surface area contributed by atoms with Crippen molar-refractivity contribution in [3.63, 3.8) is 0 Å². The third-order valence-electron chi connectivity index (χ3n) is 6.53. The maximum atomic E-state index is 13.5. The number of carbonyl (C=O) groups is 3. The molecule has 1 aliphatic rings. The molecule has 2 aromatic rings. The van der Waals surface area contributed by atoms with Crippen LogP contribution in [-0.4, -0.2) is 77.3 Å². The van der Waals surface area contributed by atoms with Gasteiger partial charge in [0, 0.05) is 37.7 Å². The van der Waals surface area contributed by atoms with Gasteiger partial charge in [0.1, 0.15) is 11.8 Å². The number of likely N-dealkylation sites (tertiary alicyclic amines) is 1. The van der Waals surface area contributed by atoms with E-state index in [2.05, 4.69) is 10.6 Å². The second kappa shape index (κ2) is 12.5. The van der Waals surface area contributed by atoms with Crippen molar-refractivity contribution in [2.24, 2.45) is 0 Å². The molecule has 194 valence electrons. The van der Waals surface area contributed by atoms with E-state index >= 15 is 0 Å². The summed E-state index contributed by atoms with van der Waals surface area (Å²) in [4.78, 5) is 40.7. The molecule has 0 spiro atoms. The molecule has 0 unspecified atom stereocenters. The molecular formula is C27H35N3O6. The monoisotopic (exact) mass is 497 g/mol. The van der Waals surface area contributed by atoms with E-state index in [1.54, 1.807) is 19.1 Å². The molecule has 0 aliphatic carbocycles. The lowest BCUT2D eigenvalue weighted by Crippen LogP contribution is -2.56. The van der Waals surface area contributed by atoms with Crippen molar-refractivity contribution in [1.82, 2.24) is 15.5 Å². The third kappa shape index (κ3) is 6.41. The number of methoxy groups -OCH3 is 1. The summed E-state index contributed by atoms with van der Waals surface area (Å²) in [7, 11) is 1.52. The molecule has 1 aliphatic heterocycles. The smallest absolute Gasteiger partial charge is 0.254 e. The minimum Gasteiger partial charge on any atom is -0.508 e. The number of hydrogen-bond donors (Lipinski definition) is 4. The summed E-state index contributed by atoms with van der Waals surface area (Å²) in [5.41, 5.74) is 1.45. The van der Waals surface area contributed by atoms with E-state index in [1.807, 2.05) is 37.3 Å². The van der Waals surface area contributed by atoms with Crippen molar-refractivity contribution < 1.29 is 29.3 Å². The number of aromatic hydroxyl groups is 1. The van der Waals surface area contributed by atoms with Crippen LogP contribution < -0.4 is 10.6 Å². The Morgan fingerprint density at radius 2 is 1.86 bits per heavy atom. The van der Waals surface area contributed by atoms with E-state index in [0.29, 0.717) is 18.5 Å². The van der Waals surface area contributed by atoms with Crippen molar-refractivity contribution >= 4 is 17.7 Å². The SMILES string of the molecule is CCCNC(=O)[C@@H]1C[C@@H](OC)CN1C(=O)[C@@H](O)[C@H](Cc1ccccc1)NC(=O)c1cccc(O)c1C. The predicted molar refractivity (Wildman–Crippen MR) is 134 cm³/mol. The van der Waals surface area contributed by atoms with Crippen LogP contribution in [0.2, 0.25) is 0 Å². The molecule has 9 heteroatoms. The lowest BCUT2D eigenvalue weighted by atomic mass is 9.98. The Morgan fingerprint density at radius 1 is 1.14 bits per heavy atom. The lowest BCUT2D eigenvalue weighted by Gasteiger charge is -2.30. The lowest BCUT2D eigenvalue weighted by molar-refractivity contribution is -0.146. The molecule has 3 rings (SSSR count). The maximum absolute atomic E-state index is 13.5. The molecule has 9 nitrogen and oxygen atoms in total. The molecule has 2 aromatic carbocycles. The van der Waals surface area contributed by atoms with E-state index in [9.17, 15) is 24.6 Å². The Balaban J connectivity index is 1.85. The van der Waals surface area contributed by atoms with Gasteiger partial charge in [0.25, 0.3) is 11.8 Å². The summed E-state index contributed by atoms with van der Waals surface area (Å²) in [6, 6.07) is 12.1. The number of benzene rings is 2. The number of aliphatic hydroxyl groups excluding tert-OH is 1. The average molecular weight is 498 g/mol. The average Bonchev–Trinajstić information content (AvgIpc) is 3.33. The Hall–Kier alpha value is -3.43. The first-order valence-electron chi connectivity index (χ1n) is 12.2. The fourth-order valence-corrected chi connectivity index (χ4v) is 4.39. The minimum absolute atomic E-state index is 0.0255. The molecule has 0 bridgehead atoms. The highest BCUT2D eigenvalue weighted by molar-refractivity contribution is 5.97. The molecule has 36 heavy (non-hydrogen) atoms. The van der Waals surface area contributed by atoms with Crippen molar-refractivity contribution in [3.05, 3.63) is 65.2 Å². The Morgan fingerprint density at radius 3 is 2.53 bits per heavy atom. The molecule has 0 saturated carbocycles. The second-order valence-corrected chi connectivity index (χ2v) is 9.06. The van der Waals surface area contributed by atoms with Crippen molar-refractivity contribution in [2.45, 2.75) is 57.4 Å². The van der Waals surface area contributed by atoms with Crippen molar-refractivity contribution in [1.29, 1.82) is 0 Å². The summed E-state index contributed by atoms with van der Waals surface area (Å²) in [5, 5.41) is 26.8. The van der Waals surface area contributed by atoms with Crippen LogP contribution in [-0.2, 0) is 20.7 Å². The molecule has 0 radical (unpaired) electrons. The minimum atomic E-state index is -1.61. The molecule has 4 N–H and O–H groups in total. The quantitative estimate of drug-likeness (QED) is 0.394. The van der Waals surface area contributed by atoms with Crippen LogP contribution in [0.3, 0.4) is 0 Å². The first-order chi connectivity index (χ1) is 17.3. The van der Waals surface area contributed by atoms with Crippen molar-refractivity contribution in [3.8, 4) is 5.75 Å². The largest absolute Gasteiger partial charge is 0.508 e. The number of ether oxygens (including phenoxy) is 1. The van der Waals surface area contributed by atoms with Gasteiger partial charge in [-0.05, 0) is 37.5 Å². The highest BCUT2D eigenvalue weighted by atomic mass is 16.5. The number of carbonyl (C=O) groups excluding carboxylic acids is 3. The molecular weight excluding hydrogens is 462 g/mol. The van der Waals surface area contributed by atoms with Crippen LogP contribution >= 0.6 is 0 Å². The van der Waals surface area contributed by atoms with Crippen LogP contribution in [0, 0.1) is 6.92 Å². The summed E-state index contributed by atoms with van der Waals surface area (Å²) < 4.78 is 5.41. The summed E-state index contributed by atoms with van der Waals surface area (Å²) in [6.07, 6.45) is -0.684. The number of nitrogens with zero attached hydrogens (tertiary/aromatic N) is 1. The van der Waals surface area contributed by atoms with Crippen LogP contribution in [0.25, 0.3) is 0 Å². The molecule has 4 atom stereocenters. The number of phenols is 1. The van der Waals surface area contributed by atoms with Gasteiger partial charge in [-0.25, -0.2) is 0 Å². The first kappa shape index (κ1) is 27.2. The summed E-state index contributed by atoms with van der Waals surface area (Å²) in [5.74, 6) is -1.50. The van der Waals surface area contributed by atoms with E-state index in [-0.39, 0.29) is 36.3 Å². The predicted octanol–water partition coefficient (Wildman–Crippen LogP) is 1.54. The molecule has 3 amide bonds.